The number of nitrogens with zero attached hydrogens (tertiary/aromatic N) is 2. The van der Waals surface area contributed by atoms with Crippen LogP contribution in [0, 0.1) is 0 Å². The lowest BCUT2D eigenvalue weighted by molar-refractivity contribution is 1.18. The summed E-state index contributed by atoms with van der Waals surface area (Å²) >= 11 is 0. The lowest BCUT2D eigenvalue weighted by atomic mass is 9.97. The second kappa shape index (κ2) is 16.8. The van der Waals surface area contributed by atoms with Crippen LogP contribution in [0.3, 0.4) is 0 Å². The Kier molecular flexibility index (Phi) is 9.88. The fraction of sp³-hybridized carbons (Fsp3) is 0. The highest BCUT2D eigenvalue weighted by Gasteiger charge is 2.41. The van der Waals surface area contributed by atoms with Gasteiger partial charge in [-0.25, -0.2) is 0 Å². The van der Waals surface area contributed by atoms with Gasteiger partial charge in [0.1, 0.15) is 0 Å². The second-order valence-corrected chi connectivity index (χ2v) is 21.9. The van der Waals surface area contributed by atoms with Crippen LogP contribution in [0.2, 0.25) is 0 Å². The Labute approximate surface area is 403 Å². The Morgan fingerprint density at radius 3 is 1.09 bits per heavy atom. The van der Waals surface area contributed by atoms with Crippen LogP contribution >= 0.6 is 0 Å². The Hall–Kier alpha value is -8.76. The van der Waals surface area contributed by atoms with Gasteiger partial charge in [-0.05, 0) is 121 Å². The molecule has 0 amide bonds. The molecule has 13 aromatic rings. The highest BCUT2D eigenvalue weighted by atomic mass is 28.3. The van der Waals surface area contributed by atoms with Gasteiger partial charge < -0.3 is 9.13 Å². The molecule has 0 spiro atoms. The van der Waals surface area contributed by atoms with E-state index >= 15 is 0 Å². The highest BCUT2D eigenvalue weighted by Crippen LogP contribution is 2.40. The van der Waals surface area contributed by atoms with Gasteiger partial charge in [-0.2, -0.15) is 0 Å². The summed E-state index contributed by atoms with van der Waals surface area (Å²) in [6, 6.07) is 103. The van der Waals surface area contributed by atoms with E-state index in [1.165, 1.54) is 97.7 Å². The molecule has 0 aliphatic carbocycles. The van der Waals surface area contributed by atoms with Gasteiger partial charge in [0.15, 0.2) is 8.07 Å². The SMILES string of the molecule is c1ccc(-c2cccc(-c3ccc4c5cc(-c6ccc7c(c6)c6cc([Si](c8ccccc8)(c8ccccc8)c8ccccc8)ccc6n7-c6ccccc6)ccc5n(-c5ccccc5)c4c3)c2)cc1. The average molecular weight is 895 g/mol. The first-order valence-electron chi connectivity index (χ1n) is 23.8. The molecule has 0 aliphatic rings. The summed E-state index contributed by atoms with van der Waals surface area (Å²) in [5, 5.41) is 10.4. The Morgan fingerprint density at radius 2 is 0.565 bits per heavy atom. The predicted octanol–water partition coefficient (Wildman–Crippen LogP) is 14.3. The van der Waals surface area contributed by atoms with Crippen LogP contribution in [0.15, 0.2) is 279 Å². The maximum Gasteiger partial charge on any atom is 0.179 e. The number of aromatic nitrogens is 2. The van der Waals surface area contributed by atoms with Crippen molar-refractivity contribution in [1.29, 1.82) is 0 Å². The van der Waals surface area contributed by atoms with Gasteiger partial charge >= 0.3 is 0 Å². The molecule has 0 fully saturated rings. The molecule has 324 valence electrons. The van der Waals surface area contributed by atoms with Crippen molar-refractivity contribution < 1.29 is 0 Å². The molecule has 11 aromatic carbocycles. The molecule has 0 saturated carbocycles. The zero-order valence-corrected chi connectivity index (χ0v) is 39.0. The zero-order chi connectivity index (χ0) is 45.7. The molecule has 2 aromatic heterocycles. The van der Waals surface area contributed by atoms with Crippen molar-refractivity contribution in [2.75, 3.05) is 0 Å². The fourth-order valence-corrected chi connectivity index (χ4v) is 15.9. The maximum absolute atomic E-state index is 2.79. The number of fused-ring (bicyclic) bond motifs is 6. The topological polar surface area (TPSA) is 9.86 Å². The molecule has 2 heterocycles. The lowest BCUT2D eigenvalue weighted by Gasteiger charge is -2.34. The van der Waals surface area contributed by atoms with Gasteiger partial charge in [0.2, 0.25) is 0 Å². The van der Waals surface area contributed by atoms with Gasteiger partial charge in [-0.3, -0.25) is 0 Å². The van der Waals surface area contributed by atoms with Crippen LogP contribution < -0.4 is 20.7 Å². The van der Waals surface area contributed by atoms with Crippen molar-refractivity contribution in [3.63, 3.8) is 0 Å². The Bertz CT molecular complexity index is 3880. The minimum Gasteiger partial charge on any atom is -0.309 e. The minimum absolute atomic E-state index is 1.15. The van der Waals surface area contributed by atoms with Crippen molar-refractivity contribution >= 4 is 72.4 Å². The van der Waals surface area contributed by atoms with Crippen LogP contribution in [0.5, 0.6) is 0 Å². The normalized spacial score (nSPS) is 11.8. The van der Waals surface area contributed by atoms with Crippen molar-refractivity contribution in [1.82, 2.24) is 9.13 Å². The quantitative estimate of drug-likeness (QED) is 0.101. The lowest BCUT2D eigenvalue weighted by Crippen LogP contribution is -2.74. The number of rotatable bonds is 9. The Balaban J connectivity index is 1.02. The van der Waals surface area contributed by atoms with E-state index in [1.807, 2.05) is 0 Å². The van der Waals surface area contributed by atoms with Crippen LogP contribution in [-0.4, -0.2) is 17.2 Å². The second-order valence-electron chi connectivity index (χ2n) is 18.1. The van der Waals surface area contributed by atoms with E-state index in [4.69, 9.17) is 0 Å². The zero-order valence-electron chi connectivity index (χ0n) is 38.0. The van der Waals surface area contributed by atoms with E-state index in [1.54, 1.807) is 0 Å². The predicted molar refractivity (Wildman–Crippen MR) is 295 cm³/mol. The van der Waals surface area contributed by atoms with Gasteiger partial charge in [-0.1, -0.05) is 212 Å². The van der Waals surface area contributed by atoms with Crippen molar-refractivity contribution in [2.45, 2.75) is 0 Å². The van der Waals surface area contributed by atoms with Crippen molar-refractivity contribution in [2.24, 2.45) is 0 Å². The maximum atomic E-state index is 2.53. The molecule has 13 rings (SSSR count). The molecular weight excluding hydrogens is 849 g/mol. The number of benzene rings is 11. The van der Waals surface area contributed by atoms with Crippen LogP contribution in [0.4, 0.5) is 0 Å². The molecule has 0 N–H and O–H groups in total. The highest BCUT2D eigenvalue weighted by molar-refractivity contribution is 7.20. The molecule has 3 heteroatoms. The summed E-state index contributed by atoms with van der Waals surface area (Å²) in [5.41, 5.74) is 14.3. The van der Waals surface area contributed by atoms with E-state index in [-0.39, 0.29) is 0 Å². The van der Waals surface area contributed by atoms with Gasteiger partial charge in [0.05, 0.1) is 22.1 Å². The molecule has 0 unspecified atom stereocenters. The standard InChI is InChI=1S/C66H46N2Si/c1-7-20-47(21-8-1)48-22-19-23-49(42-48)52-34-38-59-60-43-50(35-39-63(60)68(66(59)45-52)54-26-11-3-12-27-54)51-36-40-64-61(44-51)62-46-58(37-41-65(62)67(64)53-24-9-2-10-25-53)69(55-28-13-4-14-29-55,56-30-15-5-16-31-56)57-32-17-6-18-33-57/h1-46H. The summed E-state index contributed by atoms with van der Waals surface area (Å²) in [5.74, 6) is 0. The minimum atomic E-state index is -2.79. The average Bonchev–Trinajstić information content (AvgIpc) is 3.94. The van der Waals surface area contributed by atoms with Gasteiger partial charge in [0.25, 0.3) is 0 Å². The largest absolute Gasteiger partial charge is 0.309 e. The Morgan fingerprint density at radius 1 is 0.203 bits per heavy atom. The summed E-state index contributed by atoms with van der Waals surface area (Å²) in [6.07, 6.45) is 0. The molecule has 0 aliphatic heterocycles. The third-order valence-electron chi connectivity index (χ3n) is 14.2. The molecule has 0 bridgehead atoms. The first-order valence-corrected chi connectivity index (χ1v) is 25.8. The summed E-state index contributed by atoms with van der Waals surface area (Å²) in [6.45, 7) is 0. The van der Waals surface area contributed by atoms with Gasteiger partial charge in [0, 0.05) is 32.9 Å². The van der Waals surface area contributed by atoms with Crippen molar-refractivity contribution in [3.05, 3.63) is 279 Å². The van der Waals surface area contributed by atoms with E-state index < -0.39 is 8.07 Å². The molecule has 2 nitrogen and oxygen atoms in total. The summed E-state index contributed by atoms with van der Waals surface area (Å²) < 4.78 is 4.87. The smallest absolute Gasteiger partial charge is 0.179 e. The summed E-state index contributed by atoms with van der Waals surface area (Å²) in [4.78, 5) is 0. The number of para-hydroxylation sites is 2. The first kappa shape index (κ1) is 40.5. The third-order valence-corrected chi connectivity index (χ3v) is 19.0. The van der Waals surface area contributed by atoms with E-state index in [2.05, 4.69) is 288 Å². The van der Waals surface area contributed by atoms with Crippen molar-refractivity contribution in [3.8, 4) is 44.8 Å². The molecule has 0 atom stereocenters. The number of hydrogen-bond acceptors (Lipinski definition) is 0. The van der Waals surface area contributed by atoms with E-state index in [0.29, 0.717) is 0 Å². The third kappa shape index (κ3) is 6.78. The monoisotopic (exact) mass is 894 g/mol. The molecular formula is C66H46N2Si. The van der Waals surface area contributed by atoms with E-state index in [0.717, 1.165) is 11.4 Å². The van der Waals surface area contributed by atoms with E-state index in [9.17, 15) is 0 Å². The first-order chi connectivity index (χ1) is 34.2. The molecule has 69 heavy (non-hydrogen) atoms. The fourth-order valence-electron chi connectivity index (χ4n) is 11.1. The van der Waals surface area contributed by atoms with Crippen LogP contribution in [0.25, 0.3) is 88.4 Å². The summed E-state index contributed by atoms with van der Waals surface area (Å²) in [7, 11) is -2.79. The van der Waals surface area contributed by atoms with Gasteiger partial charge in [-0.15, -0.1) is 0 Å². The van der Waals surface area contributed by atoms with Crippen LogP contribution in [-0.2, 0) is 0 Å². The molecule has 0 saturated heterocycles. The molecule has 0 radical (unpaired) electrons. The van der Waals surface area contributed by atoms with Crippen LogP contribution in [0.1, 0.15) is 0 Å². The number of hydrogen-bond donors (Lipinski definition) is 0.